The second-order valence-corrected chi connectivity index (χ2v) is 5.69. The lowest BCUT2D eigenvalue weighted by Gasteiger charge is -2.12. The number of aryl methyl sites for hydroxylation is 1. The van der Waals surface area contributed by atoms with Crippen molar-refractivity contribution in [3.63, 3.8) is 0 Å². The van der Waals surface area contributed by atoms with E-state index in [1.54, 1.807) is 6.07 Å². The minimum atomic E-state index is -4.59. The zero-order valence-corrected chi connectivity index (χ0v) is 11.1. The Hall–Kier alpha value is -1.12. The summed E-state index contributed by atoms with van der Waals surface area (Å²) in [6, 6.07) is 4.14. The minimum absolute atomic E-state index is 0.131. The second-order valence-electron chi connectivity index (χ2n) is 3.93. The van der Waals surface area contributed by atoms with Gasteiger partial charge in [0, 0.05) is 6.54 Å². The highest BCUT2D eigenvalue weighted by Gasteiger charge is 2.30. The molecule has 1 rings (SSSR count). The summed E-state index contributed by atoms with van der Waals surface area (Å²) >= 11 is 0. The Labute approximate surface area is 109 Å². The van der Waals surface area contributed by atoms with Crippen molar-refractivity contribution in [2.75, 3.05) is 6.54 Å². The number of hydrogen-bond donors (Lipinski definition) is 2. The van der Waals surface area contributed by atoms with Gasteiger partial charge in [-0.05, 0) is 29.7 Å². The van der Waals surface area contributed by atoms with Crippen LogP contribution in [-0.2, 0) is 23.0 Å². The second kappa shape index (κ2) is 5.89. The molecule has 0 aliphatic heterocycles. The maximum atomic E-state index is 12.0. The highest BCUT2D eigenvalue weighted by Crippen LogP contribution is 2.18. The summed E-state index contributed by atoms with van der Waals surface area (Å²) in [6.45, 7) is 0.416. The normalized spacial score (nSPS) is 12.7. The van der Waals surface area contributed by atoms with Crippen LogP contribution in [0.4, 0.5) is 13.2 Å². The van der Waals surface area contributed by atoms with Crippen molar-refractivity contribution in [3.8, 4) is 0 Å². The molecule has 0 amide bonds. The lowest BCUT2D eigenvalue weighted by Crippen LogP contribution is -2.33. The molecule has 0 fully saturated rings. The molecular weight excluding hydrogens is 281 g/mol. The predicted molar refractivity (Wildman–Crippen MR) is 65.0 cm³/mol. The highest BCUT2D eigenvalue weighted by atomic mass is 32.2. The lowest BCUT2D eigenvalue weighted by molar-refractivity contribution is -0.121. The molecule has 108 valence electrons. The summed E-state index contributed by atoms with van der Waals surface area (Å²) in [6.07, 6.45) is -3.92. The standard InChI is InChI=1S/C11H15F3N2O2S/c1-2-8-3-4-10(5-9(8)6-15)19(17,18)16-7-11(12,13)14/h3-5,16H,2,6-7,15H2,1H3. The molecule has 0 saturated heterocycles. The van der Waals surface area contributed by atoms with Gasteiger partial charge in [-0.15, -0.1) is 0 Å². The van der Waals surface area contributed by atoms with Gasteiger partial charge in [0.05, 0.1) is 4.90 Å². The van der Waals surface area contributed by atoms with E-state index in [1.165, 1.54) is 16.9 Å². The highest BCUT2D eigenvalue weighted by molar-refractivity contribution is 7.89. The maximum absolute atomic E-state index is 12.0. The fourth-order valence-corrected chi connectivity index (χ4v) is 2.63. The first-order chi connectivity index (χ1) is 8.69. The Bertz CT molecular complexity index is 541. The number of sulfonamides is 1. The van der Waals surface area contributed by atoms with Crippen molar-refractivity contribution in [2.24, 2.45) is 5.73 Å². The first-order valence-corrected chi connectivity index (χ1v) is 7.06. The van der Waals surface area contributed by atoms with E-state index in [9.17, 15) is 21.6 Å². The van der Waals surface area contributed by atoms with Gasteiger partial charge in [0.2, 0.25) is 10.0 Å². The fourth-order valence-electron chi connectivity index (χ4n) is 1.56. The smallest absolute Gasteiger partial charge is 0.326 e. The van der Waals surface area contributed by atoms with E-state index < -0.39 is 22.7 Å². The van der Waals surface area contributed by atoms with Crippen LogP contribution in [0.25, 0.3) is 0 Å². The monoisotopic (exact) mass is 296 g/mol. The third-order valence-electron chi connectivity index (χ3n) is 2.55. The molecule has 0 radical (unpaired) electrons. The molecule has 0 saturated carbocycles. The fraction of sp³-hybridized carbons (Fsp3) is 0.455. The van der Waals surface area contributed by atoms with Crippen molar-refractivity contribution in [1.29, 1.82) is 0 Å². The summed E-state index contributed by atoms with van der Waals surface area (Å²) in [5.41, 5.74) is 6.97. The number of alkyl halides is 3. The van der Waals surface area contributed by atoms with E-state index in [1.807, 2.05) is 6.92 Å². The molecule has 1 aromatic rings. The number of nitrogens with two attached hydrogens (primary N) is 1. The van der Waals surface area contributed by atoms with Crippen LogP contribution in [0.1, 0.15) is 18.1 Å². The van der Waals surface area contributed by atoms with Gasteiger partial charge in [-0.1, -0.05) is 13.0 Å². The third kappa shape index (κ3) is 4.48. The van der Waals surface area contributed by atoms with Crippen LogP contribution >= 0.6 is 0 Å². The van der Waals surface area contributed by atoms with Crippen LogP contribution in [0.5, 0.6) is 0 Å². The molecule has 8 heteroatoms. The quantitative estimate of drug-likeness (QED) is 0.866. The molecule has 1 aromatic carbocycles. The molecule has 0 atom stereocenters. The van der Waals surface area contributed by atoms with Crippen molar-refractivity contribution in [1.82, 2.24) is 4.72 Å². The molecule has 0 heterocycles. The summed E-state index contributed by atoms with van der Waals surface area (Å²) in [5, 5.41) is 0. The van der Waals surface area contributed by atoms with Crippen LogP contribution < -0.4 is 10.5 Å². The first-order valence-electron chi connectivity index (χ1n) is 5.58. The zero-order chi connectivity index (χ0) is 14.7. The summed E-state index contributed by atoms with van der Waals surface area (Å²) in [5.74, 6) is 0. The Morgan fingerprint density at radius 2 is 1.89 bits per heavy atom. The number of nitrogens with one attached hydrogen (secondary N) is 1. The van der Waals surface area contributed by atoms with E-state index in [0.29, 0.717) is 12.0 Å². The Morgan fingerprint density at radius 3 is 2.37 bits per heavy atom. The number of hydrogen-bond acceptors (Lipinski definition) is 3. The SMILES string of the molecule is CCc1ccc(S(=O)(=O)NCC(F)(F)F)cc1CN. The number of rotatable bonds is 5. The van der Waals surface area contributed by atoms with E-state index in [4.69, 9.17) is 5.73 Å². The van der Waals surface area contributed by atoms with E-state index >= 15 is 0 Å². The summed E-state index contributed by atoms with van der Waals surface area (Å²) < 4.78 is 61.0. The van der Waals surface area contributed by atoms with Crippen LogP contribution in [0, 0.1) is 0 Å². The van der Waals surface area contributed by atoms with Crippen molar-refractivity contribution < 1.29 is 21.6 Å². The topological polar surface area (TPSA) is 72.2 Å². The molecule has 0 unspecified atom stereocenters. The first kappa shape index (κ1) is 15.9. The molecule has 3 N–H and O–H groups in total. The Morgan fingerprint density at radius 1 is 1.26 bits per heavy atom. The van der Waals surface area contributed by atoms with E-state index in [2.05, 4.69) is 0 Å². The largest absolute Gasteiger partial charge is 0.402 e. The van der Waals surface area contributed by atoms with E-state index in [0.717, 1.165) is 5.56 Å². The number of halogens is 3. The van der Waals surface area contributed by atoms with Crippen LogP contribution in [0.3, 0.4) is 0 Å². The van der Waals surface area contributed by atoms with Crippen molar-refractivity contribution >= 4 is 10.0 Å². The van der Waals surface area contributed by atoms with Gasteiger partial charge in [-0.25, -0.2) is 13.1 Å². The van der Waals surface area contributed by atoms with Gasteiger partial charge in [0.1, 0.15) is 6.54 Å². The van der Waals surface area contributed by atoms with Gasteiger partial charge in [0.25, 0.3) is 0 Å². The molecule has 0 aromatic heterocycles. The van der Waals surface area contributed by atoms with E-state index in [-0.39, 0.29) is 11.4 Å². The van der Waals surface area contributed by atoms with Crippen molar-refractivity contribution in [2.45, 2.75) is 31.0 Å². The predicted octanol–water partition coefficient (Wildman–Crippen LogP) is 1.55. The molecule has 0 aliphatic carbocycles. The average Bonchev–Trinajstić information content (AvgIpc) is 2.35. The molecule has 0 spiro atoms. The average molecular weight is 296 g/mol. The Kier molecular flexibility index (Phi) is 4.94. The molecule has 0 aliphatic rings. The van der Waals surface area contributed by atoms with Gasteiger partial charge >= 0.3 is 6.18 Å². The van der Waals surface area contributed by atoms with Crippen LogP contribution in [-0.4, -0.2) is 21.1 Å². The summed E-state index contributed by atoms with van der Waals surface area (Å²) in [4.78, 5) is -0.214. The minimum Gasteiger partial charge on any atom is -0.326 e. The van der Waals surface area contributed by atoms with Gasteiger partial charge in [-0.3, -0.25) is 0 Å². The van der Waals surface area contributed by atoms with Gasteiger partial charge in [0.15, 0.2) is 0 Å². The van der Waals surface area contributed by atoms with Crippen LogP contribution in [0.2, 0.25) is 0 Å². The molecule has 4 nitrogen and oxygen atoms in total. The maximum Gasteiger partial charge on any atom is 0.402 e. The lowest BCUT2D eigenvalue weighted by atomic mass is 10.1. The summed E-state index contributed by atoms with van der Waals surface area (Å²) in [7, 11) is -4.18. The van der Waals surface area contributed by atoms with Gasteiger partial charge in [-0.2, -0.15) is 13.2 Å². The zero-order valence-electron chi connectivity index (χ0n) is 10.3. The third-order valence-corrected chi connectivity index (χ3v) is 3.95. The van der Waals surface area contributed by atoms with Crippen molar-refractivity contribution in [3.05, 3.63) is 29.3 Å². The molecule has 19 heavy (non-hydrogen) atoms. The molecule has 0 bridgehead atoms. The molecular formula is C11H15F3N2O2S. The number of benzene rings is 1. The van der Waals surface area contributed by atoms with Crippen LogP contribution in [0.15, 0.2) is 23.1 Å². The van der Waals surface area contributed by atoms with Gasteiger partial charge < -0.3 is 5.73 Å². The Balaban J connectivity index is 3.02.